The van der Waals surface area contributed by atoms with E-state index in [4.69, 9.17) is 17.3 Å². The van der Waals surface area contributed by atoms with Crippen LogP contribution in [0.1, 0.15) is 48.5 Å². The quantitative estimate of drug-likeness (QED) is 0.0362. The van der Waals surface area contributed by atoms with Crippen molar-refractivity contribution in [2.75, 3.05) is 34.0 Å². The maximum atomic E-state index is 13.9. The number of anilines is 7. The fourth-order valence-corrected chi connectivity index (χ4v) is 9.72. The van der Waals surface area contributed by atoms with Crippen LogP contribution in [-0.2, 0) is 44.7 Å². The number of sulfone groups is 1. The monoisotopic (exact) mass is 1000 g/mol. The van der Waals surface area contributed by atoms with E-state index in [0.29, 0.717) is 0 Å². The number of hydrogen-bond donors (Lipinski definition) is 4. The van der Waals surface area contributed by atoms with Gasteiger partial charge in [0, 0.05) is 22.5 Å². The van der Waals surface area contributed by atoms with Crippen molar-refractivity contribution in [2.45, 2.75) is 35.5 Å². The second kappa shape index (κ2) is 20.9. The molecule has 0 saturated carbocycles. The zero-order valence-corrected chi connectivity index (χ0v) is 44.9. The van der Waals surface area contributed by atoms with Crippen LogP contribution in [0.3, 0.4) is 0 Å². The molecule has 0 saturated heterocycles. The first-order chi connectivity index (χ1) is 27.8. The van der Waals surface area contributed by atoms with Gasteiger partial charge in [0.05, 0.1) is 55.2 Å². The Morgan fingerprint density at radius 1 is 0.698 bits per heavy atom. The molecule has 0 aliphatic heterocycles. The Morgan fingerprint density at radius 3 is 1.71 bits per heavy atom. The van der Waals surface area contributed by atoms with Crippen LogP contribution in [0.15, 0.2) is 69.3 Å². The molecule has 316 valence electrons. The van der Waals surface area contributed by atoms with Crippen molar-refractivity contribution < 1.29 is 172 Å². The normalized spacial score (nSPS) is 12.5. The minimum atomic E-state index is -5.39. The molecule has 0 atom stereocenters. The van der Waals surface area contributed by atoms with Gasteiger partial charge in [-0.2, -0.15) is 15.0 Å². The van der Waals surface area contributed by atoms with Crippen LogP contribution in [0.2, 0.25) is 5.28 Å². The van der Waals surface area contributed by atoms with Crippen LogP contribution in [0.4, 0.5) is 40.3 Å². The SMILES string of the molecule is Cc1c(Nc2nc(Cl)nc(Nc3ccc(S(=O)(=O)CCOS(=O)(=O)[O-])cc3)n2)c(C)c(S(=O)(=O)[O-])c(C)c1Nc1cc(S(=O)(=O)[O-])c(N)c2c1C(=O)c1ccccc1C2=O.[K+].[Na+].[Na+]. The molecule has 0 spiro atoms. The Labute approximate surface area is 452 Å². The maximum Gasteiger partial charge on any atom is 1.00 e. The molecule has 0 unspecified atom stereocenters. The number of nitrogens with two attached hydrogens (primary N) is 1. The van der Waals surface area contributed by atoms with E-state index in [0.717, 1.165) is 18.2 Å². The summed E-state index contributed by atoms with van der Waals surface area (Å²) in [6.45, 7) is 3.06. The number of fused-ring (bicyclic) bond motifs is 2. The van der Waals surface area contributed by atoms with Crippen molar-refractivity contribution in [3.63, 3.8) is 0 Å². The second-order valence-electron chi connectivity index (χ2n) is 12.9. The third kappa shape index (κ3) is 12.1. The van der Waals surface area contributed by atoms with Crippen LogP contribution in [-0.4, -0.2) is 86.2 Å². The van der Waals surface area contributed by atoms with E-state index >= 15 is 0 Å². The molecular formula is C34H27ClKN7Na2O14S4. The average molecular weight is 1010 g/mol. The number of nitrogens with one attached hydrogen (secondary N) is 3. The number of rotatable bonds is 13. The molecule has 1 aliphatic rings. The van der Waals surface area contributed by atoms with E-state index in [9.17, 15) is 56.9 Å². The number of carbonyl (C=O) groups excluding carboxylic acids is 2. The number of benzene rings is 4. The predicted octanol–water partition coefficient (Wildman–Crippen LogP) is -5.89. The van der Waals surface area contributed by atoms with E-state index in [-0.39, 0.29) is 172 Å². The summed E-state index contributed by atoms with van der Waals surface area (Å²) in [5.41, 5.74) is 3.31. The van der Waals surface area contributed by atoms with Crippen molar-refractivity contribution in [2.24, 2.45) is 0 Å². The molecular weight excluding hydrogens is 979 g/mol. The van der Waals surface area contributed by atoms with Gasteiger partial charge in [0.2, 0.25) is 27.6 Å². The van der Waals surface area contributed by atoms with Crippen molar-refractivity contribution in [1.82, 2.24) is 15.0 Å². The molecule has 4 aromatic carbocycles. The fraction of sp³-hybridized carbons (Fsp3) is 0.147. The van der Waals surface area contributed by atoms with E-state index in [1.54, 1.807) is 0 Å². The summed E-state index contributed by atoms with van der Waals surface area (Å²) in [4.78, 5) is 37.7. The van der Waals surface area contributed by atoms with Crippen molar-refractivity contribution in [1.29, 1.82) is 0 Å². The van der Waals surface area contributed by atoms with Gasteiger partial charge in [0.25, 0.3) is 0 Å². The van der Waals surface area contributed by atoms with Gasteiger partial charge in [0.1, 0.15) is 20.2 Å². The summed E-state index contributed by atoms with van der Waals surface area (Å²) < 4.78 is 137. The van der Waals surface area contributed by atoms with Gasteiger partial charge >= 0.3 is 110 Å². The smallest absolute Gasteiger partial charge is 0.744 e. The zero-order valence-electron chi connectivity index (χ0n) is 33.8. The number of hydrogen-bond acceptors (Lipinski definition) is 21. The largest absolute Gasteiger partial charge is 1.00 e. The number of ketones is 2. The number of nitrogen functional groups attached to an aromatic ring is 1. The fourth-order valence-electron chi connectivity index (χ4n) is 6.49. The summed E-state index contributed by atoms with van der Waals surface area (Å²) in [5.74, 6) is -3.04. The number of carbonyl (C=O) groups is 2. The van der Waals surface area contributed by atoms with Gasteiger partial charge in [-0.1, -0.05) is 24.3 Å². The van der Waals surface area contributed by atoms with E-state index in [1.165, 1.54) is 57.2 Å². The molecule has 0 fully saturated rings. The molecule has 0 amide bonds. The minimum Gasteiger partial charge on any atom is -0.744 e. The van der Waals surface area contributed by atoms with Gasteiger partial charge < -0.3 is 35.3 Å². The first-order valence-corrected chi connectivity index (χ1v) is 22.8. The Balaban J connectivity index is 0.00000352. The molecule has 1 aliphatic carbocycles. The molecule has 6 rings (SSSR count). The third-order valence-corrected chi connectivity index (χ3v) is 13.4. The van der Waals surface area contributed by atoms with Gasteiger partial charge in [-0.25, -0.2) is 33.7 Å². The Kier molecular flexibility index (Phi) is 18.3. The first-order valence-electron chi connectivity index (χ1n) is 16.6. The molecule has 0 bridgehead atoms. The first kappa shape index (κ1) is 55.3. The topological polar surface area (TPSA) is 350 Å². The number of aromatic nitrogens is 3. The Morgan fingerprint density at radius 2 is 1.21 bits per heavy atom. The molecule has 1 heterocycles. The van der Waals surface area contributed by atoms with E-state index < -0.39 is 102 Å². The van der Waals surface area contributed by atoms with Gasteiger partial charge in [-0.15, -0.1) is 0 Å². The standard InChI is InChI=1S/C34H30ClN7O14S4.K.2Na/c1-15-27(38-22-14-23(58(47,48)49)26(36)25-24(22)29(43)20-6-4-5-7-21(20)30(25)44)16(2)31(59(50,51)52)17(3)28(15)39-34-41-32(35)40-33(42-34)37-18-8-10-19(11-9-18)57(45,46)13-12-56-60(53,54)55;;;/h4-11,14,38H,12-13,36H2,1-3H3,(H,47,48,49)(H,50,51,52)(H,53,54,55)(H2,37,39,40,41,42);;;/q;3*+1/p-3. The summed E-state index contributed by atoms with van der Waals surface area (Å²) >= 11 is 6.19. The molecule has 5 aromatic rings. The summed E-state index contributed by atoms with van der Waals surface area (Å²) in [6.07, 6.45) is 0. The number of nitrogens with zero attached hydrogens (tertiary/aromatic N) is 3. The summed E-state index contributed by atoms with van der Waals surface area (Å²) in [7, 11) is -19.9. The summed E-state index contributed by atoms with van der Waals surface area (Å²) in [5, 5.41) is 7.94. The minimum absolute atomic E-state index is 0. The maximum absolute atomic E-state index is 13.9. The molecule has 1 aromatic heterocycles. The molecule has 5 N–H and O–H groups in total. The van der Waals surface area contributed by atoms with Crippen LogP contribution in [0.25, 0.3) is 0 Å². The second-order valence-corrected chi connectivity index (χ2v) is 19.0. The van der Waals surface area contributed by atoms with Crippen LogP contribution < -0.4 is 132 Å². The number of halogens is 1. The molecule has 63 heavy (non-hydrogen) atoms. The zero-order chi connectivity index (χ0) is 44.3. The van der Waals surface area contributed by atoms with Crippen molar-refractivity contribution in [3.8, 4) is 0 Å². The van der Waals surface area contributed by atoms with E-state index in [2.05, 4.69) is 35.1 Å². The van der Waals surface area contributed by atoms with Crippen LogP contribution in [0, 0.1) is 20.8 Å². The van der Waals surface area contributed by atoms with Gasteiger partial charge in [0.15, 0.2) is 21.4 Å². The predicted molar refractivity (Wildman–Crippen MR) is 210 cm³/mol. The van der Waals surface area contributed by atoms with Crippen LogP contribution in [0.5, 0.6) is 0 Å². The molecule has 21 nitrogen and oxygen atoms in total. The van der Waals surface area contributed by atoms with Crippen molar-refractivity contribution in [3.05, 3.63) is 98.8 Å². The van der Waals surface area contributed by atoms with Crippen molar-refractivity contribution >= 4 is 104 Å². The average Bonchev–Trinajstić information content (AvgIpc) is 3.13. The summed E-state index contributed by atoms with van der Waals surface area (Å²) in [6, 6.07) is 11.2. The van der Waals surface area contributed by atoms with E-state index in [1.807, 2.05) is 0 Å². The Hall–Kier alpha value is -2.00. The van der Waals surface area contributed by atoms with Gasteiger partial charge in [-0.05, 0) is 79.4 Å². The van der Waals surface area contributed by atoms with Crippen LogP contribution >= 0.6 is 11.6 Å². The molecule has 29 heteroatoms. The van der Waals surface area contributed by atoms with Gasteiger partial charge in [-0.3, -0.25) is 13.8 Å². The Bertz CT molecular complexity index is 3150. The molecule has 0 radical (unpaired) electrons. The third-order valence-electron chi connectivity index (χ3n) is 9.05.